The van der Waals surface area contributed by atoms with Crippen molar-refractivity contribution in [3.05, 3.63) is 65.7 Å². The number of hydrogen-bond donors (Lipinski definition) is 2. The van der Waals surface area contributed by atoms with Crippen LogP contribution in [0.1, 0.15) is 43.1 Å². The van der Waals surface area contributed by atoms with Crippen LogP contribution in [-0.4, -0.2) is 91.1 Å². The smallest absolute Gasteiger partial charge is 0.414 e. The lowest BCUT2D eigenvalue weighted by molar-refractivity contribution is -0.155. The summed E-state index contributed by atoms with van der Waals surface area (Å²) >= 11 is 0. The van der Waals surface area contributed by atoms with Crippen LogP contribution in [0, 0.1) is 5.41 Å². The molecule has 208 valence electrons. The predicted octanol–water partition coefficient (Wildman–Crippen LogP) is 3.12. The number of piperazine rings is 1. The summed E-state index contributed by atoms with van der Waals surface area (Å²) in [5.74, 6) is -0.535. The molecule has 0 unspecified atom stereocenters. The summed E-state index contributed by atoms with van der Waals surface area (Å²) in [4.78, 5) is 43.0. The van der Waals surface area contributed by atoms with E-state index in [9.17, 15) is 14.4 Å². The molecule has 1 atom stereocenters. The summed E-state index contributed by atoms with van der Waals surface area (Å²) in [6, 6.07) is 15.7. The van der Waals surface area contributed by atoms with Crippen LogP contribution < -0.4 is 10.2 Å². The Labute approximate surface area is 229 Å². The number of amidine groups is 1. The van der Waals surface area contributed by atoms with Crippen molar-refractivity contribution >= 4 is 29.5 Å². The largest absolute Gasteiger partial charge is 0.460 e. The number of hydrogen-bond acceptors (Lipinski definition) is 8. The van der Waals surface area contributed by atoms with Gasteiger partial charge in [0.05, 0.1) is 13.0 Å². The predicted molar refractivity (Wildman–Crippen MR) is 148 cm³/mol. The molecular formula is C29H37N5O5. The molecule has 2 fully saturated rings. The van der Waals surface area contributed by atoms with Gasteiger partial charge in [-0.05, 0) is 57.2 Å². The fourth-order valence-electron chi connectivity index (χ4n) is 4.61. The van der Waals surface area contributed by atoms with Crippen LogP contribution >= 0.6 is 0 Å². The molecule has 2 heterocycles. The number of cyclic esters (lactones) is 1. The van der Waals surface area contributed by atoms with Crippen molar-refractivity contribution in [2.75, 3.05) is 50.7 Å². The highest BCUT2D eigenvalue weighted by atomic mass is 16.6. The zero-order valence-corrected chi connectivity index (χ0v) is 22.8. The Kier molecular flexibility index (Phi) is 8.98. The van der Waals surface area contributed by atoms with Crippen LogP contribution in [-0.2, 0) is 14.3 Å². The van der Waals surface area contributed by atoms with Gasteiger partial charge in [0, 0.05) is 56.1 Å². The molecule has 2 amide bonds. The minimum Gasteiger partial charge on any atom is -0.460 e. The highest BCUT2D eigenvalue weighted by Gasteiger charge is 2.34. The molecule has 0 bridgehead atoms. The third kappa shape index (κ3) is 8.11. The summed E-state index contributed by atoms with van der Waals surface area (Å²) < 4.78 is 11.0. The summed E-state index contributed by atoms with van der Waals surface area (Å²) in [5, 5.41) is 10.8. The number of esters is 1. The van der Waals surface area contributed by atoms with Crippen molar-refractivity contribution in [2.24, 2.45) is 0 Å². The van der Waals surface area contributed by atoms with Gasteiger partial charge in [0.2, 0.25) is 0 Å². The van der Waals surface area contributed by atoms with E-state index in [1.54, 1.807) is 53.4 Å². The Morgan fingerprint density at radius 3 is 2.26 bits per heavy atom. The third-order valence-corrected chi connectivity index (χ3v) is 6.60. The highest BCUT2D eigenvalue weighted by Crippen LogP contribution is 2.23. The molecule has 2 aliphatic rings. The number of ether oxygens (including phenoxy) is 2. The maximum Gasteiger partial charge on any atom is 0.414 e. The lowest BCUT2D eigenvalue weighted by atomic mass is 10.1. The normalized spacial score (nSPS) is 18.5. The Hall–Kier alpha value is -3.76. The second kappa shape index (κ2) is 12.4. The van der Waals surface area contributed by atoms with Gasteiger partial charge in [-0.15, -0.1) is 0 Å². The van der Waals surface area contributed by atoms with Gasteiger partial charge in [0.15, 0.2) is 0 Å². The summed E-state index contributed by atoms with van der Waals surface area (Å²) in [5.41, 5.74) is 1.23. The number of nitrogens with zero attached hydrogens (tertiary/aromatic N) is 3. The van der Waals surface area contributed by atoms with Crippen LogP contribution in [0.5, 0.6) is 0 Å². The minimum absolute atomic E-state index is 0.0116. The van der Waals surface area contributed by atoms with Gasteiger partial charge in [-0.3, -0.25) is 24.8 Å². The second-order valence-electron chi connectivity index (χ2n) is 10.8. The van der Waals surface area contributed by atoms with Gasteiger partial charge in [-0.2, -0.15) is 0 Å². The van der Waals surface area contributed by atoms with E-state index in [1.807, 2.05) is 26.8 Å². The van der Waals surface area contributed by atoms with Crippen molar-refractivity contribution in [1.82, 2.24) is 15.1 Å². The molecule has 39 heavy (non-hydrogen) atoms. The molecule has 2 aromatic carbocycles. The van der Waals surface area contributed by atoms with Gasteiger partial charge < -0.3 is 19.7 Å². The van der Waals surface area contributed by atoms with Gasteiger partial charge >= 0.3 is 12.1 Å². The van der Waals surface area contributed by atoms with Crippen molar-refractivity contribution in [3.8, 4) is 0 Å². The molecule has 0 aliphatic carbocycles. The maximum absolute atomic E-state index is 12.6. The first-order valence-corrected chi connectivity index (χ1v) is 13.3. The lowest BCUT2D eigenvalue weighted by Gasteiger charge is -2.35. The molecule has 2 aliphatic heterocycles. The van der Waals surface area contributed by atoms with Crippen LogP contribution in [0.4, 0.5) is 10.5 Å². The van der Waals surface area contributed by atoms with E-state index in [2.05, 4.69) is 15.1 Å². The molecule has 0 aromatic heterocycles. The molecule has 10 heteroatoms. The van der Waals surface area contributed by atoms with Gasteiger partial charge in [0.25, 0.3) is 5.91 Å². The summed E-state index contributed by atoms with van der Waals surface area (Å²) in [6.45, 7) is 10.8. The summed E-state index contributed by atoms with van der Waals surface area (Å²) in [6.07, 6.45) is -0.255. The van der Waals surface area contributed by atoms with E-state index in [0.29, 0.717) is 42.9 Å². The average Bonchev–Trinajstić information content (AvgIpc) is 3.27. The van der Waals surface area contributed by atoms with Crippen LogP contribution in [0.3, 0.4) is 0 Å². The van der Waals surface area contributed by atoms with Crippen LogP contribution in [0.15, 0.2) is 54.6 Å². The van der Waals surface area contributed by atoms with Crippen LogP contribution in [0.25, 0.3) is 0 Å². The van der Waals surface area contributed by atoms with E-state index in [1.165, 1.54) is 0 Å². The fraction of sp³-hybridized carbons (Fsp3) is 0.448. The first-order chi connectivity index (χ1) is 18.6. The Morgan fingerprint density at radius 1 is 0.974 bits per heavy atom. The third-order valence-electron chi connectivity index (χ3n) is 6.60. The van der Waals surface area contributed by atoms with Gasteiger partial charge in [-0.25, -0.2) is 4.79 Å². The highest BCUT2D eigenvalue weighted by molar-refractivity contribution is 6.11. The first-order valence-electron chi connectivity index (χ1n) is 13.3. The SMILES string of the molecule is CC(C)(C)OC(=O)CCN1CCN(C[C@@H]2CN(c3ccc(C(=N)NC(=O)c4ccccc4)cc3)C(=O)O2)CC1. The topological polar surface area (TPSA) is 115 Å². The Bertz CT molecular complexity index is 1170. The number of carbonyl (C=O) groups excluding carboxylic acids is 3. The molecule has 0 spiro atoms. The number of nitrogens with one attached hydrogen (secondary N) is 2. The average molecular weight is 536 g/mol. The van der Waals surface area contributed by atoms with E-state index in [4.69, 9.17) is 14.9 Å². The monoisotopic (exact) mass is 535 g/mol. The molecule has 0 saturated carbocycles. The summed E-state index contributed by atoms with van der Waals surface area (Å²) in [7, 11) is 0. The van der Waals surface area contributed by atoms with E-state index >= 15 is 0 Å². The fourth-order valence-corrected chi connectivity index (χ4v) is 4.61. The second-order valence-corrected chi connectivity index (χ2v) is 10.8. The minimum atomic E-state index is -0.465. The molecular weight excluding hydrogens is 498 g/mol. The zero-order valence-electron chi connectivity index (χ0n) is 22.8. The van der Waals surface area contributed by atoms with E-state index in [0.717, 1.165) is 26.2 Å². The number of rotatable bonds is 8. The van der Waals surface area contributed by atoms with E-state index in [-0.39, 0.29) is 23.8 Å². The molecule has 2 aromatic rings. The van der Waals surface area contributed by atoms with Crippen molar-refractivity contribution in [3.63, 3.8) is 0 Å². The van der Waals surface area contributed by atoms with Crippen molar-refractivity contribution in [2.45, 2.75) is 38.9 Å². The Morgan fingerprint density at radius 2 is 1.62 bits per heavy atom. The van der Waals surface area contributed by atoms with Crippen LogP contribution in [0.2, 0.25) is 0 Å². The quantitative estimate of drug-likeness (QED) is 0.303. The molecule has 2 N–H and O–H groups in total. The van der Waals surface area contributed by atoms with Gasteiger partial charge in [0.1, 0.15) is 17.5 Å². The number of carbonyl (C=O) groups is 3. The molecule has 10 nitrogen and oxygen atoms in total. The first kappa shape index (κ1) is 28.3. The molecule has 4 rings (SSSR count). The van der Waals surface area contributed by atoms with E-state index < -0.39 is 11.7 Å². The molecule has 0 radical (unpaired) electrons. The number of amides is 2. The zero-order chi connectivity index (χ0) is 28.0. The maximum atomic E-state index is 12.6. The lowest BCUT2D eigenvalue weighted by Crippen LogP contribution is -2.49. The van der Waals surface area contributed by atoms with Gasteiger partial charge in [-0.1, -0.05) is 18.2 Å². The number of benzene rings is 2. The standard InChI is InChI=1S/C29H37N5O5/c1-29(2,3)39-25(35)13-14-32-15-17-33(18-16-32)19-24-20-34(28(37)38-24)23-11-9-21(10-12-23)26(30)31-27(36)22-7-5-4-6-8-22/h4-12,24H,13-20H2,1-3H3,(H2,30,31,36)/t24-/m1/s1. The Balaban J connectivity index is 1.21. The number of anilines is 1. The van der Waals surface area contributed by atoms with Crippen molar-refractivity contribution < 1.29 is 23.9 Å². The van der Waals surface area contributed by atoms with Crippen molar-refractivity contribution in [1.29, 1.82) is 5.41 Å². The molecule has 2 saturated heterocycles.